The Hall–Kier alpha value is -1.34. The van der Waals surface area contributed by atoms with Gasteiger partial charge < -0.3 is 4.74 Å². The molecule has 4 heteroatoms. The standard InChI is InChI=1S/C30H47N3O/c1-6-13-28(2)14-11-23-22(16-28)7-8-25-24(23)12-15-29(3)26(25)9-10-27(29)30(4,34-5)20-33-19-21(17-31)18-32-33/h18-19,22-27H,6-16,20H2,1-5H3/t22-,23+,24-,25-,26+,27+,28+,29+,30-/m1/s1. The first-order valence-electron chi connectivity index (χ1n) is 14.2. The third-order valence-electron chi connectivity index (χ3n) is 11.7. The topological polar surface area (TPSA) is 50.8 Å². The lowest BCUT2D eigenvalue weighted by atomic mass is 9.47. The minimum atomic E-state index is -0.251. The maximum absolute atomic E-state index is 9.23. The third-order valence-corrected chi connectivity index (χ3v) is 11.7. The fourth-order valence-corrected chi connectivity index (χ4v) is 10.2. The van der Waals surface area contributed by atoms with Crippen LogP contribution < -0.4 is 0 Å². The first-order valence-corrected chi connectivity index (χ1v) is 14.2. The number of hydrogen-bond donors (Lipinski definition) is 0. The molecule has 4 saturated carbocycles. The van der Waals surface area contributed by atoms with Crippen LogP contribution >= 0.6 is 0 Å². The van der Waals surface area contributed by atoms with Gasteiger partial charge in [0.2, 0.25) is 0 Å². The zero-order valence-corrected chi connectivity index (χ0v) is 22.4. The zero-order chi connectivity index (χ0) is 24.1. The van der Waals surface area contributed by atoms with E-state index in [1.807, 2.05) is 18.0 Å². The van der Waals surface area contributed by atoms with Crippen molar-refractivity contribution in [2.24, 2.45) is 46.3 Å². The average molecular weight is 466 g/mol. The number of fused-ring (bicyclic) bond motifs is 5. The van der Waals surface area contributed by atoms with E-state index in [2.05, 4.69) is 38.9 Å². The van der Waals surface area contributed by atoms with Crippen molar-refractivity contribution in [3.8, 4) is 6.07 Å². The maximum Gasteiger partial charge on any atom is 0.102 e. The van der Waals surface area contributed by atoms with Gasteiger partial charge in [0, 0.05) is 13.3 Å². The molecule has 0 saturated heterocycles. The van der Waals surface area contributed by atoms with Crippen LogP contribution in [0.4, 0.5) is 0 Å². The monoisotopic (exact) mass is 465 g/mol. The quantitative estimate of drug-likeness (QED) is 0.445. The van der Waals surface area contributed by atoms with Crippen LogP contribution in [0.2, 0.25) is 0 Å². The molecule has 4 aliphatic rings. The van der Waals surface area contributed by atoms with Crippen molar-refractivity contribution < 1.29 is 4.74 Å². The van der Waals surface area contributed by atoms with Gasteiger partial charge in [0.15, 0.2) is 0 Å². The minimum Gasteiger partial charge on any atom is -0.376 e. The first-order chi connectivity index (χ1) is 16.2. The van der Waals surface area contributed by atoms with E-state index in [9.17, 15) is 5.26 Å². The molecule has 188 valence electrons. The van der Waals surface area contributed by atoms with Gasteiger partial charge in [-0.2, -0.15) is 10.4 Å². The Balaban J connectivity index is 1.33. The number of nitriles is 1. The highest BCUT2D eigenvalue weighted by Gasteiger charge is 2.61. The van der Waals surface area contributed by atoms with Crippen molar-refractivity contribution in [1.29, 1.82) is 5.26 Å². The number of rotatable bonds is 6. The summed E-state index contributed by atoms with van der Waals surface area (Å²) < 4.78 is 8.24. The number of hydrogen-bond acceptors (Lipinski definition) is 3. The Morgan fingerprint density at radius 3 is 2.62 bits per heavy atom. The SMILES string of the molecule is CCC[C@@]1(C)CC[C@H]2[C@H](CC[C@@H]3[C@@H]2CC[C@@]2(C)[C@H]3CC[C@@H]2[C@@](C)(Cn2cc(C#N)cn2)OC)C1. The highest BCUT2D eigenvalue weighted by atomic mass is 16.5. The number of ether oxygens (including phenoxy) is 1. The summed E-state index contributed by atoms with van der Waals surface area (Å²) in [5.41, 5.74) is 1.35. The fourth-order valence-electron chi connectivity index (χ4n) is 10.2. The van der Waals surface area contributed by atoms with Crippen molar-refractivity contribution in [2.45, 2.75) is 110 Å². The Morgan fingerprint density at radius 2 is 1.91 bits per heavy atom. The second-order valence-electron chi connectivity index (χ2n) is 13.5. The zero-order valence-electron chi connectivity index (χ0n) is 22.4. The largest absolute Gasteiger partial charge is 0.376 e. The van der Waals surface area contributed by atoms with Crippen LogP contribution in [0.3, 0.4) is 0 Å². The first kappa shape index (κ1) is 24.4. The molecule has 34 heavy (non-hydrogen) atoms. The van der Waals surface area contributed by atoms with Crippen molar-refractivity contribution in [3.63, 3.8) is 0 Å². The molecule has 0 spiro atoms. The predicted molar refractivity (Wildman–Crippen MR) is 136 cm³/mol. The summed E-state index contributed by atoms with van der Waals surface area (Å²) in [5, 5.41) is 13.7. The number of methoxy groups -OCH3 is 1. The van der Waals surface area contributed by atoms with Crippen LogP contribution in [0.1, 0.15) is 104 Å². The Labute approximate surface area is 207 Å². The lowest BCUT2D eigenvalue weighted by Gasteiger charge is -2.58. The summed E-state index contributed by atoms with van der Waals surface area (Å²) in [5.74, 6) is 5.28. The summed E-state index contributed by atoms with van der Waals surface area (Å²) in [7, 11) is 1.89. The summed E-state index contributed by atoms with van der Waals surface area (Å²) in [4.78, 5) is 0. The summed E-state index contributed by atoms with van der Waals surface area (Å²) in [6.07, 6.45) is 19.1. The van der Waals surface area contributed by atoms with Crippen LogP contribution in [0.5, 0.6) is 0 Å². The van der Waals surface area contributed by atoms with Crippen LogP contribution in [0.15, 0.2) is 12.4 Å². The van der Waals surface area contributed by atoms with Crippen molar-refractivity contribution in [2.75, 3.05) is 7.11 Å². The highest BCUT2D eigenvalue weighted by Crippen LogP contribution is 2.67. The molecule has 1 aromatic rings. The second-order valence-corrected chi connectivity index (χ2v) is 13.5. The normalized spacial score (nSPS) is 43.3. The molecular formula is C30H47N3O. The summed E-state index contributed by atoms with van der Waals surface area (Å²) in [6, 6.07) is 2.22. The van der Waals surface area contributed by atoms with Gasteiger partial charge in [0.1, 0.15) is 6.07 Å². The van der Waals surface area contributed by atoms with Gasteiger partial charge in [-0.25, -0.2) is 0 Å². The Bertz CT molecular complexity index is 918. The highest BCUT2D eigenvalue weighted by molar-refractivity contribution is 5.22. The second kappa shape index (κ2) is 8.95. The van der Waals surface area contributed by atoms with E-state index >= 15 is 0 Å². The molecule has 0 aliphatic heterocycles. The van der Waals surface area contributed by atoms with E-state index in [1.54, 1.807) is 6.20 Å². The lowest BCUT2D eigenvalue weighted by molar-refractivity contribution is -0.132. The van der Waals surface area contributed by atoms with Crippen LogP contribution in [0.25, 0.3) is 0 Å². The van der Waals surface area contributed by atoms with E-state index in [4.69, 9.17) is 4.74 Å². The van der Waals surface area contributed by atoms with Gasteiger partial charge in [-0.15, -0.1) is 0 Å². The molecule has 4 aliphatic carbocycles. The van der Waals surface area contributed by atoms with Gasteiger partial charge in [-0.1, -0.05) is 27.2 Å². The van der Waals surface area contributed by atoms with E-state index < -0.39 is 0 Å². The van der Waals surface area contributed by atoms with Gasteiger partial charge in [0.05, 0.1) is 23.9 Å². The Kier molecular flexibility index (Phi) is 6.41. The fraction of sp³-hybridized carbons (Fsp3) is 0.867. The third kappa shape index (κ3) is 3.95. The van der Waals surface area contributed by atoms with Crippen LogP contribution in [-0.2, 0) is 11.3 Å². The molecule has 1 aromatic heterocycles. The smallest absolute Gasteiger partial charge is 0.102 e. The molecule has 4 fully saturated rings. The molecule has 0 aromatic carbocycles. The number of aromatic nitrogens is 2. The van der Waals surface area contributed by atoms with Gasteiger partial charge in [-0.3, -0.25) is 4.68 Å². The lowest BCUT2D eigenvalue weighted by Crippen LogP contribution is -2.53. The van der Waals surface area contributed by atoms with E-state index in [1.165, 1.54) is 70.6 Å². The predicted octanol–water partition coefficient (Wildman–Crippen LogP) is 7.24. The molecule has 0 amide bonds. The minimum absolute atomic E-state index is 0.251. The molecule has 5 rings (SSSR count). The van der Waals surface area contributed by atoms with E-state index in [0.29, 0.717) is 22.3 Å². The molecule has 0 radical (unpaired) electrons. The molecule has 4 nitrogen and oxygen atoms in total. The Morgan fingerprint density at radius 1 is 1.12 bits per heavy atom. The van der Waals surface area contributed by atoms with E-state index in [-0.39, 0.29) is 5.60 Å². The van der Waals surface area contributed by atoms with Gasteiger partial charge in [0.25, 0.3) is 0 Å². The average Bonchev–Trinajstić information content (AvgIpc) is 3.42. The molecule has 9 atom stereocenters. The number of nitrogens with zero attached hydrogens (tertiary/aromatic N) is 3. The van der Waals surface area contributed by atoms with Gasteiger partial charge >= 0.3 is 0 Å². The maximum atomic E-state index is 9.23. The summed E-state index contributed by atoms with van der Waals surface area (Å²) >= 11 is 0. The van der Waals surface area contributed by atoms with Crippen molar-refractivity contribution in [3.05, 3.63) is 18.0 Å². The van der Waals surface area contributed by atoms with Crippen LogP contribution in [-0.4, -0.2) is 22.5 Å². The summed E-state index contributed by atoms with van der Waals surface area (Å²) in [6.45, 7) is 10.6. The van der Waals surface area contributed by atoms with E-state index in [0.717, 1.165) is 36.1 Å². The van der Waals surface area contributed by atoms with Crippen molar-refractivity contribution >= 4 is 0 Å². The molecule has 0 bridgehead atoms. The molecule has 1 heterocycles. The molecular weight excluding hydrogens is 418 g/mol. The van der Waals surface area contributed by atoms with Crippen molar-refractivity contribution in [1.82, 2.24) is 9.78 Å². The molecule has 0 unspecified atom stereocenters. The molecule has 0 N–H and O–H groups in total. The van der Waals surface area contributed by atoms with Gasteiger partial charge in [-0.05, 0) is 117 Å². The van der Waals surface area contributed by atoms with Crippen LogP contribution in [0, 0.1) is 57.7 Å².